The molecular formula is C45H55N7O7. The number of benzene rings is 3. The Morgan fingerprint density at radius 2 is 1.78 bits per heavy atom. The maximum Gasteiger partial charge on any atom is 0.410 e. The number of hydrogen-bond acceptors (Lipinski definition) is 9. The first kappa shape index (κ1) is 40.2. The van der Waals surface area contributed by atoms with Crippen molar-refractivity contribution in [1.29, 1.82) is 0 Å². The number of nitrogens with zero attached hydrogens (tertiary/aromatic N) is 4. The third-order valence-corrected chi connectivity index (χ3v) is 12.1. The number of methoxy groups -OCH3 is 2. The number of H-pyrrole nitrogens is 2. The Balaban J connectivity index is 1.05. The van der Waals surface area contributed by atoms with Gasteiger partial charge in [-0.25, -0.2) is 19.6 Å². The highest BCUT2D eigenvalue weighted by Gasteiger charge is 2.42. The van der Waals surface area contributed by atoms with E-state index in [9.17, 15) is 14.4 Å². The maximum atomic E-state index is 13.9. The summed E-state index contributed by atoms with van der Waals surface area (Å²) in [6.45, 7) is 13.8. The van der Waals surface area contributed by atoms with Crippen molar-refractivity contribution in [3.8, 4) is 28.1 Å². The Labute approximate surface area is 344 Å². The fourth-order valence-corrected chi connectivity index (χ4v) is 8.94. The van der Waals surface area contributed by atoms with E-state index in [1.807, 2.05) is 51.8 Å². The zero-order chi connectivity index (χ0) is 41.7. The topological polar surface area (TPSA) is 164 Å². The number of carbonyl (C=O) groups excluding carboxylic acids is 3. The van der Waals surface area contributed by atoms with E-state index < -0.39 is 17.7 Å². The third kappa shape index (κ3) is 7.82. The fourth-order valence-electron chi connectivity index (χ4n) is 8.94. The monoisotopic (exact) mass is 805 g/mol. The lowest BCUT2D eigenvalue weighted by atomic mass is 9.92. The number of imidazole rings is 2. The second-order valence-corrected chi connectivity index (χ2v) is 17.5. The second-order valence-electron chi connectivity index (χ2n) is 17.5. The number of hydrogen-bond donors (Lipinski definition) is 3. The van der Waals surface area contributed by atoms with Crippen LogP contribution in [0.5, 0.6) is 5.75 Å². The minimum Gasteiger partial charge on any atom is -0.488 e. The quantitative estimate of drug-likeness (QED) is 0.133. The van der Waals surface area contributed by atoms with Crippen molar-refractivity contribution in [2.24, 2.45) is 17.8 Å². The molecule has 3 N–H and O–H groups in total. The van der Waals surface area contributed by atoms with Gasteiger partial charge in [0.15, 0.2) is 0 Å². The molecular weight excluding hydrogens is 751 g/mol. The molecule has 0 spiro atoms. The molecule has 312 valence electrons. The number of ether oxygens (including phenoxy) is 4. The Morgan fingerprint density at radius 1 is 0.983 bits per heavy atom. The second kappa shape index (κ2) is 15.9. The fraction of sp³-hybridized carbons (Fsp3) is 0.489. The summed E-state index contributed by atoms with van der Waals surface area (Å²) in [6.07, 6.45) is 3.06. The van der Waals surface area contributed by atoms with E-state index in [0.29, 0.717) is 26.3 Å². The minimum atomic E-state index is -0.693. The lowest BCUT2D eigenvalue weighted by Crippen LogP contribution is -2.51. The highest BCUT2D eigenvalue weighted by atomic mass is 16.6. The summed E-state index contributed by atoms with van der Waals surface area (Å²) in [7, 11) is 2.99. The maximum absolute atomic E-state index is 13.9. The molecule has 3 aliphatic rings. The summed E-state index contributed by atoms with van der Waals surface area (Å²) in [5, 5.41) is 4.77. The normalized spacial score (nSPS) is 21.2. The molecule has 14 heteroatoms. The SMILES string of the molecule is CC[C@H](C)C(NC(=O)OC)C(=O)N1C[C@@H](C)CC1c1ncc(-c2ccc3c(c2)COc2cc4c(ccc5[nH]c([C@@H]6C[C@H](COC)CN6C(=O)OC(C)(C)C)nc54)cc2-3)[nH]1. The molecule has 2 saturated heterocycles. The van der Waals surface area contributed by atoms with Gasteiger partial charge in [-0.2, -0.15) is 0 Å². The summed E-state index contributed by atoms with van der Waals surface area (Å²) < 4.78 is 22.5. The molecule has 3 aromatic carbocycles. The van der Waals surface area contributed by atoms with E-state index in [-0.39, 0.29) is 41.8 Å². The standard InChI is InChI=1S/C45H55N7O7/c1-9-25(3)38(50-43(54)57-8)42(53)51-20-24(2)14-35(51)40-46-19-34(48-40)28-10-12-30-29(16-28)23-58-37-18-31-27(17-32(30)37)11-13-33-39(31)49-41(47-33)36-15-26(22-56-7)21-52(36)44(55)59-45(4,5)6/h10-13,16-19,24-26,35-36,38H,9,14-15,20-23H2,1-8H3,(H,46,48)(H,47,49)(H,50,54)/t24-,25-,26-,35?,36-,38?/m0/s1. The van der Waals surface area contributed by atoms with Crippen LogP contribution in [0.3, 0.4) is 0 Å². The zero-order valence-electron chi connectivity index (χ0n) is 35.2. The van der Waals surface area contributed by atoms with Gasteiger partial charge in [0, 0.05) is 37.1 Å². The average molecular weight is 806 g/mol. The molecule has 0 radical (unpaired) electrons. The van der Waals surface area contributed by atoms with Crippen molar-refractivity contribution in [2.45, 2.75) is 91.1 Å². The highest BCUT2D eigenvalue weighted by molar-refractivity contribution is 6.07. The van der Waals surface area contributed by atoms with Crippen LogP contribution in [0, 0.1) is 17.8 Å². The smallest absolute Gasteiger partial charge is 0.410 e. The van der Waals surface area contributed by atoms with Crippen LogP contribution >= 0.6 is 0 Å². The van der Waals surface area contributed by atoms with E-state index in [4.69, 9.17) is 28.9 Å². The van der Waals surface area contributed by atoms with Gasteiger partial charge >= 0.3 is 12.2 Å². The zero-order valence-corrected chi connectivity index (χ0v) is 35.2. The lowest BCUT2D eigenvalue weighted by molar-refractivity contribution is -0.135. The molecule has 14 nitrogen and oxygen atoms in total. The number of likely N-dealkylation sites (tertiary alicyclic amines) is 2. The summed E-state index contributed by atoms with van der Waals surface area (Å²) in [5.74, 6) is 2.47. The minimum absolute atomic E-state index is 0.0690. The van der Waals surface area contributed by atoms with E-state index >= 15 is 0 Å². The third-order valence-electron chi connectivity index (χ3n) is 12.1. The first-order valence-corrected chi connectivity index (χ1v) is 20.7. The summed E-state index contributed by atoms with van der Waals surface area (Å²) in [4.78, 5) is 60.0. The molecule has 5 aromatic rings. The first-order chi connectivity index (χ1) is 28.2. The number of fused-ring (bicyclic) bond motifs is 6. The molecule has 3 aliphatic heterocycles. The van der Waals surface area contributed by atoms with Crippen molar-refractivity contribution < 1.29 is 33.3 Å². The van der Waals surface area contributed by atoms with Gasteiger partial charge in [0.1, 0.15) is 35.6 Å². The number of aromatic nitrogens is 4. The molecule has 2 unspecified atom stereocenters. The molecule has 3 amide bonds. The first-order valence-electron chi connectivity index (χ1n) is 20.7. The number of carbonyl (C=O) groups is 3. The van der Waals surface area contributed by atoms with Crippen LogP contribution in [0.1, 0.15) is 90.1 Å². The molecule has 0 aliphatic carbocycles. The van der Waals surface area contributed by atoms with Crippen molar-refractivity contribution in [2.75, 3.05) is 33.9 Å². The number of alkyl carbamates (subject to hydrolysis) is 1. The molecule has 6 atom stereocenters. The van der Waals surface area contributed by atoms with Gasteiger partial charge in [-0.3, -0.25) is 9.69 Å². The van der Waals surface area contributed by atoms with Gasteiger partial charge in [0.25, 0.3) is 0 Å². The summed E-state index contributed by atoms with van der Waals surface area (Å²) in [6, 6.07) is 13.5. The van der Waals surface area contributed by atoms with Crippen LogP contribution in [-0.4, -0.2) is 93.4 Å². The van der Waals surface area contributed by atoms with Gasteiger partial charge in [-0.1, -0.05) is 45.4 Å². The van der Waals surface area contributed by atoms with Gasteiger partial charge in [0.2, 0.25) is 5.91 Å². The molecule has 0 bridgehead atoms. The molecule has 0 saturated carbocycles. The Hall–Kier alpha value is -5.63. The van der Waals surface area contributed by atoms with Gasteiger partial charge in [-0.05, 0) is 91.8 Å². The van der Waals surface area contributed by atoms with E-state index in [2.05, 4.69) is 58.6 Å². The summed E-state index contributed by atoms with van der Waals surface area (Å²) >= 11 is 0. The van der Waals surface area contributed by atoms with E-state index in [1.165, 1.54) is 7.11 Å². The van der Waals surface area contributed by atoms with Crippen LogP contribution < -0.4 is 10.1 Å². The van der Waals surface area contributed by atoms with Crippen LogP contribution in [-0.2, 0) is 25.6 Å². The van der Waals surface area contributed by atoms with Crippen LogP contribution in [0.4, 0.5) is 9.59 Å². The van der Waals surface area contributed by atoms with Gasteiger partial charge < -0.3 is 39.1 Å². The number of aromatic amines is 2. The van der Waals surface area contributed by atoms with Crippen LogP contribution in [0.25, 0.3) is 44.2 Å². The Bertz CT molecular complexity index is 2400. The van der Waals surface area contributed by atoms with E-state index in [1.54, 1.807) is 12.0 Å². The molecule has 2 aromatic heterocycles. The number of rotatable bonds is 9. The highest BCUT2D eigenvalue weighted by Crippen LogP contribution is 2.44. The van der Waals surface area contributed by atoms with Crippen molar-refractivity contribution in [1.82, 2.24) is 35.1 Å². The molecule has 2 fully saturated rings. The number of nitrogens with one attached hydrogen (secondary N) is 3. The Kier molecular flexibility index (Phi) is 10.8. The predicted molar refractivity (Wildman–Crippen MR) is 224 cm³/mol. The largest absolute Gasteiger partial charge is 0.488 e. The average Bonchev–Trinajstić information content (AvgIpc) is 4.03. The van der Waals surface area contributed by atoms with Crippen molar-refractivity contribution >= 4 is 39.9 Å². The predicted octanol–water partition coefficient (Wildman–Crippen LogP) is 8.29. The van der Waals surface area contributed by atoms with Crippen molar-refractivity contribution in [3.63, 3.8) is 0 Å². The molecule has 8 rings (SSSR count). The molecule has 5 heterocycles. The molecule has 59 heavy (non-hydrogen) atoms. The summed E-state index contributed by atoms with van der Waals surface area (Å²) in [5.41, 5.74) is 6.07. The van der Waals surface area contributed by atoms with Crippen LogP contribution in [0.2, 0.25) is 0 Å². The van der Waals surface area contributed by atoms with Gasteiger partial charge in [0.05, 0.1) is 48.7 Å². The Morgan fingerprint density at radius 3 is 2.53 bits per heavy atom. The lowest BCUT2D eigenvalue weighted by Gasteiger charge is -2.30. The van der Waals surface area contributed by atoms with E-state index in [0.717, 1.165) is 86.4 Å². The van der Waals surface area contributed by atoms with Crippen LogP contribution in [0.15, 0.2) is 48.7 Å². The van der Waals surface area contributed by atoms with Gasteiger partial charge in [-0.15, -0.1) is 0 Å². The van der Waals surface area contributed by atoms with Crippen molar-refractivity contribution in [3.05, 3.63) is 65.9 Å². The number of amides is 3.